The van der Waals surface area contributed by atoms with Gasteiger partial charge in [-0.1, -0.05) is 17.7 Å². The second-order valence-electron chi connectivity index (χ2n) is 3.72. The minimum atomic E-state index is 0.254. The predicted octanol–water partition coefficient (Wildman–Crippen LogP) is 3.52. The van der Waals surface area contributed by atoms with Gasteiger partial charge in [-0.3, -0.25) is 0 Å². The number of hydrogen-bond donors (Lipinski definition) is 0. The Morgan fingerprint density at radius 3 is 2.50 bits per heavy atom. The molecule has 1 aromatic rings. The Bertz CT molecular complexity index is 372. The van der Waals surface area contributed by atoms with E-state index in [1.165, 1.54) is 5.56 Å². The Labute approximate surface area is 85.4 Å². The van der Waals surface area contributed by atoms with Crippen LogP contribution in [0.25, 0.3) is 0 Å². The zero-order valence-corrected chi connectivity index (χ0v) is 9.20. The molecule has 1 aromatic carbocycles. The van der Waals surface area contributed by atoms with Crippen molar-refractivity contribution < 1.29 is 0 Å². The molecule has 0 saturated heterocycles. The fourth-order valence-corrected chi connectivity index (χ4v) is 1.13. The van der Waals surface area contributed by atoms with Crippen LogP contribution in [0.2, 0.25) is 0 Å². The number of aliphatic imine (C=N–C) groups is 2. The maximum absolute atomic E-state index is 4.17. The SMILES string of the molecule is Cc1ccc(N=C=NC(C)C)c(C)c1. The quantitative estimate of drug-likeness (QED) is 0.634. The van der Waals surface area contributed by atoms with Crippen molar-refractivity contribution in [1.82, 2.24) is 0 Å². The summed E-state index contributed by atoms with van der Waals surface area (Å²) in [5.74, 6) is 0. The Balaban J connectivity index is 2.93. The molecule has 0 atom stereocenters. The predicted molar refractivity (Wildman–Crippen MR) is 60.6 cm³/mol. The van der Waals surface area contributed by atoms with Gasteiger partial charge in [0.25, 0.3) is 0 Å². The summed E-state index contributed by atoms with van der Waals surface area (Å²) in [5.41, 5.74) is 3.36. The first-order chi connectivity index (χ1) is 6.59. The van der Waals surface area contributed by atoms with E-state index in [-0.39, 0.29) is 6.04 Å². The van der Waals surface area contributed by atoms with Crippen molar-refractivity contribution in [1.29, 1.82) is 0 Å². The van der Waals surface area contributed by atoms with Crippen molar-refractivity contribution in [3.05, 3.63) is 29.3 Å². The Kier molecular flexibility index (Phi) is 3.61. The highest BCUT2D eigenvalue weighted by molar-refractivity contribution is 5.56. The summed E-state index contributed by atoms with van der Waals surface area (Å²) in [6.07, 6.45) is 0. The molecular formula is C12H16N2. The van der Waals surface area contributed by atoms with Crippen molar-refractivity contribution in [2.45, 2.75) is 33.7 Å². The smallest absolute Gasteiger partial charge is 0.0951 e. The van der Waals surface area contributed by atoms with E-state index in [1.54, 1.807) is 0 Å². The van der Waals surface area contributed by atoms with Crippen LogP contribution in [0.5, 0.6) is 0 Å². The zero-order valence-electron chi connectivity index (χ0n) is 9.20. The van der Waals surface area contributed by atoms with Crippen molar-refractivity contribution >= 4 is 11.7 Å². The van der Waals surface area contributed by atoms with Crippen LogP contribution in [-0.2, 0) is 0 Å². The summed E-state index contributed by atoms with van der Waals surface area (Å²) in [7, 11) is 0. The third-order valence-corrected chi connectivity index (χ3v) is 1.84. The average molecular weight is 188 g/mol. The lowest BCUT2D eigenvalue weighted by Gasteiger charge is -1.98. The number of hydrogen-bond acceptors (Lipinski definition) is 2. The van der Waals surface area contributed by atoms with Crippen molar-refractivity contribution in [3.8, 4) is 0 Å². The van der Waals surface area contributed by atoms with E-state index in [2.05, 4.69) is 29.0 Å². The molecule has 2 heteroatoms. The van der Waals surface area contributed by atoms with Gasteiger partial charge in [0.05, 0.1) is 17.7 Å². The van der Waals surface area contributed by atoms with Crippen molar-refractivity contribution in [2.24, 2.45) is 9.98 Å². The number of rotatable bonds is 2. The van der Waals surface area contributed by atoms with Gasteiger partial charge >= 0.3 is 0 Å². The highest BCUT2D eigenvalue weighted by Crippen LogP contribution is 2.18. The van der Waals surface area contributed by atoms with E-state index in [1.807, 2.05) is 32.9 Å². The van der Waals surface area contributed by atoms with Gasteiger partial charge in [0.2, 0.25) is 0 Å². The van der Waals surface area contributed by atoms with Gasteiger partial charge in [0, 0.05) is 0 Å². The first kappa shape index (κ1) is 10.7. The van der Waals surface area contributed by atoms with Crippen LogP contribution in [0.1, 0.15) is 25.0 Å². The molecule has 74 valence electrons. The summed E-state index contributed by atoms with van der Waals surface area (Å²) in [5, 5.41) is 0. The van der Waals surface area contributed by atoms with Gasteiger partial charge in [-0.25, -0.2) is 4.99 Å². The normalized spacial score (nSPS) is 9.79. The highest BCUT2D eigenvalue weighted by atomic mass is 14.8. The van der Waals surface area contributed by atoms with Crippen LogP contribution in [-0.4, -0.2) is 12.1 Å². The molecule has 0 radical (unpaired) electrons. The largest absolute Gasteiger partial charge is 0.223 e. The third kappa shape index (κ3) is 3.15. The first-order valence-electron chi connectivity index (χ1n) is 4.82. The van der Waals surface area contributed by atoms with E-state index in [0.29, 0.717) is 0 Å². The molecule has 0 aliphatic heterocycles. The van der Waals surface area contributed by atoms with Crippen LogP contribution in [0.3, 0.4) is 0 Å². The minimum absolute atomic E-state index is 0.254. The van der Waals surface area contributed by atoms with E-state index in [4.69, 9.17) is 0 Å². The van der Waals surface area contributed by atoms with E-state index in [9.17, 15) is 0 Å². The summed E-state index contributed by atoms with van der Waals surface area (Å²) < 4.78 is 0. The molecule has 0 spiro atoms. The Morgan fingerprint density at radius 1 is 1.21 bits per heavy atom. The maximum Gasteiger partial charge on any atom is 0.0951 e. The lowest BCUT2D eigenvalue weighted by molar-refractivity contribution is 0.841. The molecule has 0 aliphatic carbocycles. The van der Waals surface area contributed by atoms with Crippen molar-refractivity contribution in [2.75, 3.05) is 0 Å². The van der Waals surface area contributed by atoms with Gasteiger partial charge < -0.3 is 0 Å². The summed E-state index contributed by atoms with van der Waals surface area (Å²) in [6.45, 7) is 8.13. The summed E-state index contributed by atoms with van der Waals surface area (Å²) >= 11 is 0. The monoisotopic (exact) mass is 188 g/mol. The molecule has 0 bridgehead atoms. The van der Waals surface area contributed by atoms with Gasteiger partial charge in [-0.15, -0.1) is 0 Å². The second kappa shape index (κ2) is 4.73. The molecule has 1 rings (SSSR count). The van der Waals surface area contributed by atoms with Crippen LogP contribution >= 0.6 is 0 Å². The highest BCUT2D eigenvalue weighted by Gasteiger charge is 1.94. The second-order valence-corrected chi connectivity index (χ2v) is 3.72. The molecule has 2 nitrogen and oxygen atoms in total. The lowest BCUT2D eigenvalue weighted by Crippen LogP contribution is -1.84. The number of nitrogens with zero attached hydrogens (tertiary/aromatic N) is 2. The molecule has 0 aromatic heterocycles. The lowest BCUT2D eigenvalue weighted by atomic mass is 10.1. The Morgan fingerprint density at radius 2 is 1.93 bits per heavy atom. The van der Waals surface area contributed by atoms with E-state index >= 15 is 0 Å². The van der Waals surface area contributed by atoms with Gasteiger partial charge in [-0.05, 0) is 39.3 Å². The average Bonchev–Trinajstić information content (AvgIpc) is 2.08. The standard InChI is InChI=1S/C12H16N2/c1-9(2)13-8-14-12-6-5-10(3)7-11(12)4/h5-7,9H,1-4H3. The van der Waals surface area contributed by atoms with Crippen LogP contribution < -0.4 is 0 Å². The van der Waals surface area contributed by atoms with Gasteiger partial charge in [0.1, 0.15) is 0 Å². The summed E-state index contributed by atoms with van der Waals surface area (Å²) in [6, 6.07) is 9.11. The molecule has 0 saturated carbocycles. The zero-order chi connectivity index (χ0) is 10.6. The van der Waals surface area contributed by atoms with E-state index in [0.717, 1.165) is 11.3 Å². The van der Waals surface area contributed by atoms with Gasteiger partial charge in [0.15, 0.2) is 0 Å². The molecule has 0 unspecified atom stereocenters. The van der Waals surface area contributed by atoms with Gasteiger partial charge in [-0.2, -0.15) is 4.99 Å². The third-order valence-electron chi connectivity index (χ3n) is 1.84. The van der Waals surface area contributed by atoms with Crippen molar-refractivity contribution in [3.63, 3.8) is 0 Å². The summed E-state index contributed by atoms with van der Waals surface area (Å²) in [4.78, 5) is 8.24. The van der Waals surface area contributed by atoms with Crippen LogP contribution in [0.15, 0.2) is 28.2 Å². The fraction of sp³-hybridized carbons (Fsp3) is 0.417. The molecule has 0 amide bonds. The van der Waals surface area contributed by atoms with E-state index < -0.39 is 0 Å². The molecule has 0 fully saturated rings. The molecular weight excluding hydrogens is 172 g/mol. The van der Waals surface area contributed by atoms with Crippen LogP contribution in [0, 0.1) is 13.8 Å². The fourth-order valence-electron chi connectivity index (χ4n) is 1.13. The molecule has 14 heavy (non-hydrogen) atoms. The first-order valence-corrected chi connectivity index (χ1v) is 4.82. The minimum Gasteiger partial charge on any atom is -0.223 e. The Hall–Kier alpha value is -1.40. The van der Waals surface area contributed by atoms with Crippen LogP contribution in [0.4, 0.5) is 5.69 Å². The number of benzene rings is 1. The maximum atomic E-state index is 4.17. The molecule has 0 heterocycles. The molecule has 0 N–H and O–H groups in total. The number of aryl methyl sites for hydroxylation is 2. The topological polar surface area (TPSA) is 24.7 Å². The molecule has 0 aliphatic rings.